The second kappa shape index (κ2) is 6.06. The zero-order valence-corrected chi connectivity index (χ0v) is 11.6. The van der Waals surface area contributed by atoms with Crippen LogP contribution in [0.15, 0.2) is 12.1 Å². The predicted molar refractivity (Wildman–Crippen MR) is 71.7 cm³/mol. The van der Waals surface area contributed by atoms with Gasteiger partial charge in [0.25, 0.3) is 5.91 Å². The molecule has 0 atom stereocenters. The molecule has 0 heterocycles. The Labute approximate surface area is 120 Å². The van der Waals surface area contributed by atoms with Crippen molar-refractivity contribution >= 4 is 17.5 Å². The molecular formula is C14H16ClF2NO2. The van der Waals surface area contributed by atoms with Gasteiger partial charge < -0.3 is 10.4 Å². The summed E-state index contributed by atoms with van der Waals surface area (Å²) in [5.74, 6) is -2.76. The van der Waals surface area contributed by atoms with E-state index in [1.54, 1.807) is 0 Å². The van der Waals surface area contributed by atoms with E-state index >= 15 is 0 Å². The highest BCUT2D eigenvalue weighted by atomic mass is 35.5. The molecular weight excluding hydrogens is 288 g/mol. The maximum atomic E-state index is 13.1. The number of carbonyl (C=O) groups excluding carboxylic acids is 1. The second-order valence-corrected chi connectivity index (χ2v) is 5.70. The molecule has 1 fully saturated rings. The molecule has 0 unspecified atom stereocenters. The molecule has 1 aromatic carbocycles. The van der Waals surface area contributed by atoms with Crippen molar-refractivity contribution in [1.82, 2.24) is 5.32 Å². The Morgan fingerprint density at radius 1 is 1.30 bits per heavy atom. The Morgan fingerprint density at radius 2 is 1.90 bits per heavy atom. The fourth-order valence-corrected chi connectivity index (χ4v) is 2.81. The summed E-state index contributed by atoms with van der Waals surface area (Å²) in [6.45, 7) is 0.302. The van der Waals surface area contributed by atoms with Gasteiger partial charge in [0.15, 0.2) is 11.6 Å². The van der Waals surface area contributed by atoms with E-state index in [2.05, 4.69) is 5.32 Å². The topological polar surface area (TPSA) is 49.3 Å². The maximum Gasteiger partial charge on any atom is 0.252 e. The number of hydrogen-bond acceptors (Lipinski definition) is 2. The molecule has 0 bridgehead atoms. The van der Waals surface area contributed by atoms with Crippen molar-refractivity contribution in [3.8, 4) is 0 Å². The van der Waals surface area contributed by atoms with Crippen molar-refractivity contribution < 1.29 is 18.7 Å². The number of aliphatic hydroxyl groups excluding tert-OH is 1. The number of aliphatic hydroxyl groups is 1. The van der Waals surface area contributed by atoms with Crippen LogP contribution >= 0.6 is 11.6 Å². The average molecular weight is 304 g/mol. The van der Waals surface area contributed by atoms with Gasteiger partial charge >= 0.3 is 0 Å². The number of nitrogens with one attached hydrogen (secondary N) is 1. The van der Waals surface area contributed by atoms with Crippen LogP contribution in [0.3, 0.4) is 0 Å². The quantitative estimate of drug-likeness (QED) is 0.840. The summed E-state index contributed by atoms with van der Waals surface area (Å²) in [6, 6.07) is 1.57. The Hall–Kier alpha value is -1.20. The Kier molecular flexibility index (Phi) is 4.60. The minimum absolute atomic E-state index is 0.00120. The van der Waals surface area contributed by atoms with Crippen LogP contribution in [0.25, 0.3) is 0 Å². The fourth-order valence-electron chi connectivity index (χ4n) is 2.58. The summed E-state index contributed by atoms with van der Waals surface area (Å²) in [5, 5.41) is 12.0. The molecule has 0 aliphatic heterocycles. The van der Waals surface area contributed by atoms with E-state index in [1.165, 1.54) is 0 Å². The summed E-state index contributed by atoms with van der Waals surface area (Å²) in [6.07, 6.45) is 3.72. The normalized spacial score (nSPS) is 17.2. The summed E-state index contributed by atoms with van der Waals surface area (Å²) < 4.78 is 26.1. The van der Waals surface area contributed by atoms with Gasteiger partial charge in [-0.1, -0.05) is 24.4 Å². The van der Waals surface area contributed by atoms with Crippen LogP contribution in [0.5, 0.6) is 0 Å². The van der Waals surface area contributed by atoms with Crippen molar-refractivity contribution in [3.63, 3.8) is 0 Å². The number of rotatable bonds is 4. The molecule has 110 valence electrons. The third kappa shape index (κ3) is 3.10. The average Bonchev–Trinajstić information content (AvgIpc) is 2.90. The Morgan fingerprint density at radius 3 is 2.50 bits per heavy atom. The van der Waals surface area contributed by atoms with Gasteiger partial charge in [0.1, 0.15) is 0 Å². The van der Waals surface area contributed by atoms with Crippen LogP contribution in [-0.2, 0) is 0 Å². The zero-order chi connectivity index (χ0) is 14.8. The van der Waals surface area contributed by atoms with E-state index in [1.807, 2.05) is 0 Å². The van der Waals surface area contributed by atoms with Crippen LogP contribution in [0.4, 0.5) is 8.78 Å². The fraction of sp³-hybridized carbons (Fsp3) is 0.500. The van der Waals surface area contributed by atoms with Gasteiger partial charge in [0.05, 0.1) is 17.2 Å². The summed E-state index contributed by atoms with van der Waals surface area (Å²) >= 11 is 5.74. The molecule has 20 heavy (non-hydrogen) atoms. The van der Waals surface area contributed by atoms with Crippen molar-refractivity contribution in [2.24, 2.45) is 5.41 Å². The van der Waals surface area contributed by atoms with Crippen LogP contribution in [0.1, 0.15) is 36.0 Å². The van der Waals surface area contributed by atoms with E-state index in [9.17, 15) is 18.7 Å². The highest BCUT2D eigenvalue weighted by Gasteiger charge is 2.33. The van der Waals surface area contributed by atoms with E-state index in [4.69, 9.17) is 11.6 Å². The minimum atomic E-state index is -1.11. The predicted octanol–water partition coefficient (Wildman–Crippen LogP) is 2.90. The number of hydrogen-bond donors (Lipinski definition) is 2. The third-order valence-electron chi connectivity index (χ3n) is 3.88. The molecule has 0 spiro atoms. The SMILES string of the molecule is O=C(NCC1(CO)CCCC1)c1cc(F)c(F)cc1Cl. The standard InChI is InChI=1S/C14H16ClF2NO2/c15-10-6-12(17)11(16)5-9(10)13(20)18-7-14(8-19)3-1-2-4-14/h5-6,19H,1-4,7-8H2,(H,18,20). The Bertz CT molecular complexity index is 516. The first-order valence-electron chi connectivity index (χ1n) is 6.51. The molecule has 0 saturated heterocycles. The van der Waals surface area contributed by atoms with Gasteiger partial charge in [-0.15, -0.1) is 0 Å². The first kappa shape index (κ1) is 15.2. The van der Waals surface area contributed by atoms with Gasteiger partial charge in [-0.05, 0) is 25.0 Å². The molecule has 3 nitrogen and oxygen atoms in total. The lowest BCUT2D eigenvalue weighted by Gasteiger charge is -2.26. The molecule has 2 rings (SSSR count). The monoisotopic (exact) mass is 303 g/mol. The van der Waals surface area contributed by atoms with Crippen LogP contribution in [0, 0.1) is 17.0 Å². The first-order chi connectivity index (χ1) is 9.47. The molecule has 0 radical (unpaired) electrons. The van der Waals surface area contributed by atoms with Gasteiger partial charge in [-0.3, -0.25) is 4.79 Å². The largest absolute Gasteiger partial charge is 0.396 e. The lowest BCUT2D eigenvalue weighted by Crippen LogP contribution is -2.38. The van der Waals surface area contributed by atoms with Crippen LogP contribution in [0.2, 0.25) is 5.02 Å². The number of carbonyl (C=O) groups is 1. The zero-order valence-electron chi connectivity index (χ0n) is 10.9. The second-order valence-electron chi connectivity index (χ2n) is 5.29. The summed E-state index contributed by atoms with van der Waals surface area (Å²) in [4.78, 5) is 12.0. The molecule has 1 aliphatic carbocycles. The molecule has 0 aromatic heterocycles. The molecule has 1 aliphatic rings. The van der Waals surface area contributed by atoms with Crippen LogP contribution in [-0.4, -0.2) is 24.2 Å². The lowest BCUT2D eigenvalue weighted by atomic mass is 9.87. The first-order valence-corrected chi connectivity index (χ1v) is 6.89. The van der Waals surface area contributed by atoms with E-state index < -0.39 is 17.5 Å². The third-order valence-corrected chi connectivity index (χ3v) is 4.19. The van der Waals surface area contributed by atoms with Gasteiger partial charge in [0.2, 0.25) is 0 Å². The van der Waals surface area contributed by atoms with Crippen molar-refractivity contribution in [1.29, 1.82) is 0 Å². The maximum absolute atomic E-state index is 13.1. The number of halogens is 3. The van der Waals surface area contributed by atoms with E-state index in [-0.39, 0.29) is 22.6 Å². The molecule has 1 amide bonds. The highest BCUT2D eigenvalue weighted by Crippen LogP contribution is 2.37. The number of benzene rings is 1. The Balaban J connectivity index is 2.07. The molecule has 2 N–H and O–H groups in total. The van der Waals surface area contributed by atoms with Crippen molar-refractivity contribution in [2.45, 2.75) is 25.7 Å². The summed E-state index contributed by atoms with van der Waals surface area (Å²) in [7, 11) is 0. The molecule has 1 saturated carbocycles. The van der Waals surface area contributed by atoms with Crippen molar-refractivity contribution in [2.75, 3.05) is 13.2 Å². The number of amides is 1. The van der Waals surface area contributed by atoms with Gasteiger partial charge in [0, 0.05) is 12.0 Å². The van der Waals surface area contributed by atoms with Crippen LogP contribution < -0.4 is 5.32 Å². The van der Waals surface area contributed by atoms with Gasteiger partial charge in [-0.25, -0.2) is 8.78 Å². The summed E-state index contributed by atoms with van der Waals surface area (Å²) in [5.41, 5.74) is -0.405. The molecule has 1 aromatic rings. The smallest absolute Gasteiger partial charge is 0.252 e. The van der Waals surface area contributed by atoms with E-state index in [0.717, 1.165) is 37.8 Å². The molecule has 6 heteroatoms. The van der Waals surface area contributed by atoms with Gasteiger partial charge in [-0.2, -0.15) is 0 Å². The van der Waals surface area contributed by atoms with E-state index in [0.29, 0.717) is 6.54 Å². The van der Waals surface area contributed by atoms with Crippen molar-refractivity contribution in [3.05, 3.63) is 34.4 Å². The lowest BCUT2D eigenvalue weighted by molar-refractivity contribution is 0.0880. The highest BCUT2D eigenvalue weighted by molar-refractivity contribution is 6.33. The minimum Gasteiger partial charge on any atom is -0.396 e.